The number of amides is 1. The van der Waals surface area contributed by atoms with E-state index in [2.05, 4.69) is 29.5 Å². The number of hydrogen-bond donors (Lipinski definition) is 1. The zero-order chi connectivity index (χ0) is 19.4. The molecular formula is C20H20ClN3O3. The molecule has 27 heavy (non-hydrogen) atoms. The van der Waals surface area contributed by atoms with Crippen LogP contribution in [0.2, 0.25) is 5.02 Å². The van der Waals surface area contributed by atoms with Crippen molar-refractivity contribution in [3.05, 3.63) is 58.6 Å². The Balaban J connectivity index is 1.69. The van der Waals surface area contributed by atoms with Crippen molar-refractivity contribution in [2.24, 2.45) is 0 Å². The Morgan fingerprint density at radius 1 is 1.19 bits per heavy atom. The smallest absolute Gasteiger partial charge is 0.263 e. The number of benzene rings is 2. The van der Waals surface area contributed by atoms with Crippen LogP contribution in [0.5, 0.6) is 5.75 Å². The molecule has 0 radical (unpaired) electrons. The molecule has 0 unspecified atom stereocenters. The lowest BCUT2D eigenvalue weighted by Crippen LogP contribution is -2.21. The van der Waals surface area contributed by atoms with Crippen molar-refractivity contribution in [3.8, 4) is 17.0 Å². The lowest BCUT2D eigenvalue weighted by molar-refractivity contribution is -0.118. The molecule has 1 N–H and O–H groups in total. The molecule has 0 fully saturated rings. The summed E-state index contributed by atoms with van der Waals surface area (Å²) in [4.78, 5) is 12.3. The van der Waals surface area contributed by atoms with Crippen molar-refractivity contribution in [1.29, 1.82) is 0 Å². The molecule has 0 saturated heterocycles. The summed E-state index contributed by atoms with van der Waals surface area (Å²) >= 11 is 5.90. The lowest BCUT2D eigenvalue weighted by Gasteiger charge is -2.14. The maximum Gasteiger partial charge on any atom is 0.263 e. The van der Waals surface area contributed by atoms with Gasteiger partial charge >= 0.3 is 0 Å². The maximum atomic E-state index is 12.3. The molecule has 140 valence electrons. The fraction of sp³-hybridized carbons (Fsp3) is 0.250. The van der Waals surface area contributed by atoms with Gasteiger partial charge in [-0.25, -0.2) is 4.63 Å². The molecule has 3 aromatic rings. The molecule has 0 atom stereocenters. The third kappa shape index (κ3) is 4.65. The first-order valence-corrected chi connectivity index (χ1v) is 8.93. The van der Waals surface area contributed by atoms with Crippen molar-refractivity contribution < 1.29 is 14.2 Å². The van der Waals surface area contributed by atoms with Crippen LogP contribution in [0, 0.1) is 6.92 Å². The monoisotopic (exact) mass is 385 g/mol. The minimum Gasteiger partial charge on any atom is -0.483 e. The van der Waals surface area contributed by atoms with Gasteiger partial charge in [0.2, 0.25) is 5.82 Å². The molecule has 0 aliphatic rings. The number of rotatable bonds is 6. The number of ether oxygens (including phenoxy) is 1. The summed E-state index contributed by atoms with van der Waals surface area (Å²) in [5.41, 5.74) is 3.29. The lowest BCUT2D eigenvalue weighted by atomic mass is 10.0. The van der Waals surface area contributed by atoms with Crippen LogP contribution in [0.1, 0.15) is 30.9 Å². The van der Waals surface area contributed by atoms with Gasteiger partial charge in [0.25, 0.3) is 5.91 Å². The average Bonchev–Trinajstić information content (AvgIpc) is 3.08. The normalized spacial score (nSPS) is 10.9. The minimum absolute atomic E-state index is 0.143. The quantitative estimate of drug-likeness (QED) is 0.657. The molecule has 3 rings (SSSR count). The van der Waals surface area contributed by atoms with Crippen molar-refractivity contribution in [2.75, 3.05) is 11.9 Å². The van der Waals surface area contributed by atoms with E-state index in [0.717, 1.165) is 16.7 Å². The Kier molecular flexibility index (Phi) is 5.76. The Morgan fingerprint density at radius 2 is 1.93 bits per heavy atom. The van der Waals surface area contributed by atoms with E-state index >= 15 is 0 Å². The van der Waals surface area contributed by atoms with E-state index < -0.39 is 0 Å². The fourth-order valence-electron chi connectivity index (χ4n) is 2.62. The molecular weight excluding hydrogens is 366 g/mol. The van der Waals surface area contributed by atoms with Crippen molar-refractivity contribution in [1.82, 2.24) is 10.3 Å². The van der Waals surface area contributed by atoms with Crippen LogP contribution >= 0.6 is 11.6 Å². The molecule has 0 aliphatic heterocycles. The van der Waals surface area contributed by atoms with Gasteiger partial charge < -0.3 is 10.1 Å². The van der Waals surface area contributed by atoms with Gasteiger partial charge in [0.05, 0.1) is 0 Å². The van der Waals surface area contributed by atoms with Gasteiger partial charge in [0.15, 0.2) is 12.3 Å². The summed E-state index contributed by atoms with van der Waals surface area (Å²) in [5.74, 6) is 0.882. The van der Waals surface area contributed by atoms with Crippen LogP contribution in [0.4, 0.5) is 5.82 Å². The summed E-state index contributed by atoms with van der Waals surface area (Å²) in [6, 6.07) is 13.0. The third-order valence-electron chi connectivity index (χ3n) is 4.01. The summed E-state index contributed by atoms with van der Waals surface area (Å²) in [7, 11) is 0. The number of aryl methyl sites for hydroxylation is 1. The van der Waals surface area contributed by atoms with E-state index in [1.165, 1.54) is 0 Å². The number of carbonyl (C=O) groups is 1. The van der Waals surface area contributed by atoms with E-state index in [-0.39, 0.29) is 18.3 Å². The first-order valence-electron chi connectivity index (χ1n) is 8.55. The summed E-state index contributed by atoms with van der Waals surface area (Å²) < 4.78 is 10.5. The Morgan fingerprint density at radius 3 is 2.63 bits per heavy atom. The van der Waals surface area contributed by atoms with Crippen LogP contribution < -0.4 is 10.1 Å². The number of nitrogens with zero attached hydrogens (tertiary/aromatic N) is 2. The molecule has 2 aromatic carbocycles. The molecule has 1 heterocycles. The summed E-state index contributed by atoms with van der Waals surface area (Å²) in [6.07, 6.45) is 0. The second-order valence-electron chi connectivity index (χ2n) is 6.50. The van der Waals surface area contributed by atoms with Crippen LogP contribution in [0.3, 0.4) is 0 Å². The first kappa shape index (κ1) is 18.9. The molecule has 1 aromatic heterocycles. The van der Waals surface area contributed by atoms with Gasteiger partial charge in [-0.2, -0.15) is 0 Å². The van der Waals surface area contributed by atoms with E-state index in [9.17, 15) is 4.79 Å². The number of nitrogens with one attached hydrogen (secondary N) is 1. The molecule has 1 amide bonds. The van der Waals surface area contributed by atoms with Gasteiger partial charge in [-0.3, -0.25) is 4.79 Å². The molecule has 0 saturated carbocycles. The fourth-order valence-corrected chi connectivity index (χ4v) is 2.75. The van der Waals surface area contributed by atoms with E-state index in [0.29, 0.717) is 22.4 Å². The van der Waals surface area contributed by atoms with Crippen LogP contribution in [0.25, 0.3) is 11.3 Å². The Labute approximate surface area is 162 Å². The second-order valence-corrected chi connectivity index (χ2v) is 6.94. The highest BCUT2D eigenvalue weighted by molar-refractivity contribution is 6.30. The highest BCUT2D eigenvalue weighted by Gasteiger charge is 2.16. The highest BCUT2D eigenvalue weighted by atomic mass is 35.5. The maximum absolute atomic E-state index is 12.3. The molecule has 6 nitrogen and oxygen atoms in total. The predicted octanol–water partition coefficient (Wildman–Crippen LogP) is 4.84. The van der Waals surface area contributed by atoms with Crippen LogP contribution in [0.15, 0.2) is 47.1 Å². The molecule has 0 spiro atoms. The average molecular weight is 386 g/mol. The van der Waals surface area contributed by atoms with Gasteiger partial charge in [-0.1, -0.05) is 49.7 Å². The Bertz CT molecular complexity index is 936. The topological polar surface area (TPSA) is 77.2 Å². The number of hydrogen-bond acceptors (Lipinski definition) is 5. The SMILES string of the molecule is Cc1ccc(C(C)C)c(OCC(=O)Nc2nonc2-c2ccc(Cl)cc2)c1. The number of carbonyl (C=O) groups excluding carboxylic acids is 1. The largest absolute Gasteiger partial charge is 0.483 e. The number of anilines is 1. The summed E-state index contributed by atoms with van der Waals surface area (Å²) in [6.45, 7) is 6.00. The van der Waals surface area contributed by atoms with Gasteiger partial charge in [-0.15, -0.1) is 0 Å². The first-order chi connectivity index (χ1) is 12.9. The van der Waals surface area contributed by atoms with Crippen LogP contribution in [-0.4, -0.2) is 22.8 Å². The molecule has 0 aliphatic carbocycles. The van der Waals surface area contributed by atoms with E-state index in [4.69, 9.17) is 21.0 Å². The second kappa shape index (κ2) is 8.22. The van der Waals surface area contributed by atoms with E-state index in [1.807, 2.05) is 25.1 Å². The molecule has 7 heteroatoms. The third-order valence-corrected chi connectivity index (χ3v) is 4.27. The van der Waals surface area contributed by atoms with Crippen molar-refractivity contribution in [3.63, 3.8) is 0 Å². The zero-order valence-corrected chi connectivity index (χ0v) is 16.1. The van der Waals surface area contributed by atoms with Gasteiger partial charge in [-0.05, 0) is 52.5 Å². The Hall–Kier alpha value is -2.86. The number of halogens is 1. The predicted molar refractivity (Wildman–Crippen MR) is 104 cm³/mol. The highest BCUT2D eigenvalue weighted by Crippen LogP contribution is 2.28. The number of aromatic nitrogens is 2. The van der Waals surface area contributed by atoms with Gasteiger partial charge in [0.1, 0.15) is 5.75 Å². The molecule has 0 bridgehead atoms. The van der Waals surface area contributed by atoms with Crippen LogP contribution in [-0.2, 0) is 4.79 Å². The van der Waals surface area contributed by atoms with E-state index in [1.54, 1.807) is 24.3 Å². The van der Waals surface area contributed by atoms with Gasteiger partial charge in [0, 0.05) is 10.6 Å². The summed E-state index contributed by atoms with van der Waals surface area (Å²) in [5, 5.41) is 10.9. The zero-order valence-electron chi connectivity index (χ0n) is 15.3. The standard InChI is InChI=1S/C20H20ClN3O3/c1-12(2)16-9-4-13(3)10-17(16)26-11-18(25)22-20-19(23-27-24-20)14-5-7-15(21)8-6-14/h4-10,12H,11H2,1-3H3,(H,22,24,25). The van der Waals surface area contributed by atoms with Crippen molar-refractivity contribution >= 4 is 23.3 Å². The van der Waals surface area contributed by atoms with Crippen molar-refractivity contribution in [2.45, 2.75) is 26.7 Å². The minimum atomic E-state index is -0.350.